The number of carboxylic acid groups (broad SMARTS) is 1. The van der Waals surface area contributed by atoms with Gasteiger partial charge in [0.05, 0.1) is 6.10 Å². The molecule has 1 aliphatic heterocycles. The van der Waals surface area contributed by atoms with E-state index >= 15 is 0 Å². The molecule has 0 radical (unpaired) electrons. The molecule has 2 fully saturated rings. The fourth-order valence-corrected chi connectivity index (χ4v) is 3.61. The number of aliphatic carboxylic acids is 1. The molecule has 0 bridgehead atoms. The molecule has 0 amide bonds. The summed E-state index contributed by atoms with van der Waals surface area (Å²) in [5, 5.41) is 38.7. The molecule has 1 aliphatic carbocycles. The van der Waals surface area contributed by atoms with Crippen LogP contribution >= 0.6 is 0 Å². The molecule has 0 unspecified atom stereocenters. The van der Waals surface area contributed by atoms with Gasteiger partial charge in [0.1, 0.15) is 18.3 Å². The number of carboxylic acids is 1. The lowest BCUT2D eigenvalue weighted by Crippen LogP contribution is -2.61. The summed E-state index contributed by atoms with van der Waals surface area (Å²) < 4.78 is 11.1. The lowest BCUT2D eigenvalue weighted by Gasteiger charge is -2.43. The molecule has 2 rings (SSSR count). The maximum absolute atomic E-state index is 11.1. The van der Waals surface area contributed by atoms with Crippen LogP contribution in [0.4, 0.5) is 0 Å². The third kappa shape index (κ3) is 4.03. The summed E-state index contributed by atoms with van der Waals surface area (Å²) in [6.45, 7) is 6.34. The SMILES string of the molecule is CC(C)[C@@H]1CC[C@H](C)C[C@H]1O[C@@H]1O[C@H](C(=O)O)[C@@H](O)[C@H](O)[C@H]1O. The van der Waals surface area contributed by atoms with Crippen molar-refractivity contribution in [3.63, 3.8) is 0 Å². The highest BCUT2D eigenvalue weighted by Crippen LogP contribution is 2.37. The third-order valence-corrected chi connectivity index (χ3v) is 5.08. The molecule has 0 aromatic heterocycles. The average Bonchev–Trinajstić information content (AvgIpc) is 2.47. The zero-order valence-corrected chi connectivity index (χ0v) is 13.8. The van der Waals surface area contributed by atoms with Crippen LogP contribution < -0.4 is 0 Å². The Morgan fingerprint density at radius 1 is 1.13 bits per heavy atom. The van der Waals surface area contributed by atoms with Gasteiger partial charge in [0.2, 0.25) is 0 Å². The van der Waals surface area contributed by atoms with Crippen LogP contribution in [0.3, 0.4) is 0 Å². The molecule has 2 aliphatic rings. The van der Waals surface area contributed by atoms with E-state index in [1.807, 2.05) is 0 Å². The Balaban J connectivity index is 2.11. The highest BCUT2D eigenvalue weighted by molar-refractivity contribution is 5.73. The predicted molar refractivity (Wildman–Crippen MR) is 80.5 cm³/mol. The number of rotatable bonds is 4. The van der Waals surface area contributed by atoms with E-state index in [2.05, 4.69) is 20.8 Å². The van der Waals surface area contributed by atoms with Gasteiger partial charge in [-0.3, -0.25) is 0 Å². The molecule has 0 aromatic rings. The summed E-state index contributed by atoms with van der Waals surface area (Å²) in [6.07, 6.45) is -4.92. The van der Waals surface area contributed by atoms with Crippen molar-refractivity contribution in [3.8, 4) is 0 Å². The largest absolute Gasteiger partial charge is 0.479 e. The first-order valence-corrected chi connectivity index (χ1v) is 8.30. The molecule has 1 heterocycles. The second-order valence-electron chi connectivity index (χ2n) is 7.24. The Hall–Kier alpha value is -0.730. The smallest absolute Gasteiger partial charge is 0.335 e. The molecule has 1 saturated heterocycles. The summed E-state index contributed by atoms with van der Waals surface area (Å²) in [7, 11) is 0. The Morgan fingerprint density at radius 2 is 1.78 bits per heavy atom. The summed E-state index contributed by atoms with van der Waals surface area (Å²) in [5.41, 5.74) is 0. The molecular weight excluding hydrogens is 304 g/mol. The Morgan fingerprint density at radius 3 is 2.35 bits per heavy atom. The third-order valence-electron chi connectivity index (χ3n) is 5.08. The fourth-order valence-electron chi connectivity index (χ4n) is 3.61. The zero-order valence-electron chi connectivity index (χ0n) is 13.8. The number of aliphatic hydroxyl groups excluding tert-OH is 3. The highest BCUT2D eigenvalue weighted by atomic mass is 16.7. The first-order valence-electron chi connectivity index (χ1n) is 8.30. The molecule has 23 heavy (non-hydrogen) atoms. The minimum absolute atomic E-state index is 0.171. The number of aliphatic hydroxyl groups is 3. The molecule has 134 valence electrons. The van der Waals surface area contributed by atoms with Gasteiger partial charge >= 0.3 is 5.97 Å². The molecule has 7 heteroatoms. The average molecular weight is 332 g/mol. The number of ether oxygens (including phenoxy) is 2. The predicted octanol–water partition coefficient (Wildman–Crippen LogP) is 0.356. The van der Waals surface area contributed by atoms with Crippen molar-refractivity contribution in [3.05, 3.63) is 0 Å². The van der Waals surface area contributed by atoms with Gasteiger partial charge in [-0.25, -0.2) is 4.79 Å². The maximum atomic E-state index is 11.1. The summed E-state index contributed by atoms with van der Waals surface area (Å²) in [6, 6.07) is 0. The molecule has 7 nitrogen and oxygen atoms in total. The van der Waals surface area contributed by atoms with E-state index < -0.39 is 36.7 Å². The second kappa shape index (κ2) is 7.44. The van der Waals surface area contributed by atoms with Crippen molar-refractivity contribution in [2.45, 2.75) is 76.8 Å². The zero-order chi connectivity index (χ0) is 17.3. The van der Waals surface area contributed by atoms with E-state index in [0.717, 1.165) is 19.3 Å². The van der Waals surface area contributed by atoms with Gasteiger partial charge < -0.3 is 29.9 Å². The highest BCUT2D eigenvalue weighted by Gasteiger charge is 2.48. The summed E-state index contributed by atoms with van der Waals surface area (Å²) in [4.78, 5) is 11.1. The quantitative estimate of drug-likeness (QED) is 0.587. The van der Waals surface area contributed by atoms with Crippen molar-refractivity contribution in [1.82, 2.24) is 0 Å². The number of hydrogen-bond acceptors (Lipinski definition) is 6. The Bertz CT molecular complexity index is 413. The van der Waals surface area contributed by atoms with E-state index in [1.165, 1.54) is 0 Å². The fraction of sp³-hybridized carbons (Fsp3) is 0.938. The van der Waals surface area contributed by atoms with Crippen LogP contribution in [-0.4, -0.2) is 63.2 Å². The van der Waals surface area contributed by atoms with E-state index in [1.54, 1.807) is 0 Å². The monoisotopic (exact) mass is 332 g/mol. The van der Waals surface area contributed by atoms with Crippen LogP contribution in [0.15, 0.2) is 0 Å². The van der Waals surface area contributed by atoms with Crippen LogP contribution in [0.1, 0.15) is 40.0 Å². The van der Waals surface area contributed by atoms with Crippen LogP contribution in [0.5, 0.6) is 0 Å². The summed E-state index contributed by atoms with van der Waals surface area (Å²) in [5.74, 6) is -0.246. The Kier molecular flexibility index (Phi) is 6.02. The normalized spacial score (nSPS) is 45.2. The van der Waals surface area contributed by atoms with Crippen molar-refractivity contribution < 1.29 is 34.7 Å². The first-order chi connectivity index (χ1) is 10.7. The molecular formula is C16H28O7. The van der Waals surface area contributed by atoms with Crippen molar-refractivity contribution in [1.29, 1.82) is 0 Å². The van der Waals surface area contributed by atoms with Crippen LogP contribution in [0.2, 0.25) is 0 Å². The van der Waals surface area contributed by atoms with E-state index in [4.69, 9.17) is 14.6 Å². The standard InChI is InChI=1S/C16H28O7/c1-7(2)9-5-4-8(3)6-10(9)22-16-13(19)11(17)12(18)14(23-16)15(20)21/h7-14,16-19H,4-6H2,1-3H3,(H,20,21)/t8-,9-,10+,11-,12-,13+,14-,16+/m0/s1. The number of carbonyl (C=O) groups is 1. The van der Waals surface area contributed by atoms with E-state index in [9.17, 15) is 20.1 Å². The maximum Gasteiger partial charge on any atom is 0.335 e. The van der Waals surface area contributed by atoms with Gasteiger partial charge in [0.15, 0.2) is 12.4 Å². The first kappa shape index (κ1) is 18.6. The van der Waals surface area contributed by atoms with Gasteiger partial charge in [-0.05, 0) is 30.6 Å². The van der Waals surface area contributed by atoms with Gasteiger partial charge in [0.25, 0.3) is 0 Å². The van der Waals surface area contributed by atoms with Crippen LogP contribution in [0.25, 0.3) is 0 Å². The molecule has 0 aromatic carbocycles. The number of hydrogen-bond donors (Lipinski definition) is 4. The van der Waals surface area contributed by atoms with Crippen LogP contribution in [0, 0.1) is 17.8 Å². The Labute approximate surface area is 136 Å². The molecule has 1 saturated carbocycles. The summed E-state index contributed by atoms with van der Waals surface area (Å²) >= 11 is 0. The van der Waals surface area contributed by atoms with Gasteiger partial charge in [0, 0.05) is 0 Å². The van der Waals surface area contributed by atoms with Gasteiger partial charge in [-0.1, -0.05) is 27.2 Å². The molecule has 0 spiro atoms. The van der Waals surface area contributed by atoms with Gasteiger partial charge in [-0.15, -0.1) is 0 Å². The van der Waals surface area contributed by atoms with E-state index in [0.29, 0.717) is 11.8 Å². The molecule has 4 N–H and O–H groups in total. The molecule has 8 atom stereocenters. The lowest BCUT2D eigenvalue weighted by molar-refractivity contribution is -0.311. The minimum Gasteiger partial charge on any atom is -0.479 e. The topological polar surface area (TPSA) is 116 Å². The van der Waals surface area contributed by atoms with Crippen LogP contribution in [-0.2, 0) is 14.3 Å². The van der Waals surface area contributed by atoms with Gasteiger partial charge in [-0.2, -0.15) is 0 Å². The van der Waals surface area contributed by atoms with Crippen molar-refractivity contribution in [2.75, 3.05) is 0 Å². The minimum atomic E-state index is -1.69. The second-order valence-corrected chi connectivity index (χ2v) is 7.24. The van der Waals surface area contributed by atoms with E-state index in [-0.39, 0.29) is 12.0 Å². The van der Waals surface area contributed by atoms with Crippen molar-refractivity contribution in [2.24, 2.45) is 17.8 Å². The van der Waals surface area contributed by atoms with Crippen molar-refractivity contribution >= 4 is 5.97 Å². The lowest BCUT2D eigenvalue weighted by atomic mass is 9.75.